The SMILES string of the molecule is CCN(CC)C(=O)[C@@H]1C=C2c3cccc4c3c(c(Br)n4C(=O)OC(C)OC(=O)[C@@H]3CCOC3)C[C@H]2N(C)C1. The average Bonchev–Trinajstić information content (AvgIpc) is 3.53. The predicted molar refractivity (Wildman–Crippen MR) is 146 cm³/mol. The van der Waals surface area contributed by atoms with E-state index in [2.05, 4.69) is 40.0 Å². The van der Waals surface area contributed by atoms with Gasteiger partial charge in [-0.25, -0.2) is 9.36 Å². The number of fused-ring (bicyclic) bond motifs is 2. The van der Waals surface area contributed by atoms with E-state index in [1.165, 1.54) is 11.5 Å². The number of benzene rings is 1. The Hall–Kier alpha value is -2.69. The van der Waals surface area contributed by atoms with E-state index in [1.54, 1.807) is 0 Å². The van der Waals surface area contributed by atoms with Crippen LogP contribution in [-0.4, -0.2) is 84.6 Å². The molecule has 1 aliphatic carbocycles. The van der Waals surface area contributed by atoms with Crippen molar-refractivity contribution in [1.29, 1.82) is 0 Å². The van der Waals surface area contributed by atoms with Gasteiger partial charge >= 0.3 is 12.1 Å². The molecule has 1 amide bonds. The first-order chi connectivity index (χ1) is 18.2. The third kappa shape index (κ3) is 4.67. The van der Waals surface area contributed by atoms with E-state index in [4.69, 9.17) is 14.2 Å². The Balaban J connectivity index is 1.46. The molecule has 1 unspecified atom stereocenters. The van der Waals surface area contributed by atoms with Crippen molar-refractivity contribution in [2.24, 2.45) is 11.8 Å². The van der Waals surface area contributed by atoms with Crippen LogP contribution in [0, 0.1) is 11.8 Å². The lowest BCUT2D eigenvalue weighted by atomic mass is 9.79. The van der Waals surface area contributed by atoms with Crippen molar-refractivity contribution in [2.75, 3.05) is 39.9 Å². The third-order valence-electron chi connectivity index (χ3n) is 7.88. The minimum Gasteiger partial charge on any atom is -0.425 e. The van der Waals surface area contributed by atoms with E-state index in [0.29, 0.717) is 55.8 Å². The summed E-state index contributed by atoms with van der Waals surface area (Å²) in [6, 6.07) is 5.94. The highest BCUT2D eigenvalue weighted by atomic mass is 79.9. The first-order valence-electron chi connectivity index (χ1n) is 13.3. The quantitative estimate of drug-likeness (QED) is 0.372. The van der Waals surface area contributed by atoms with Gasteiger partial charge in [0.1, 0.15) is 0 Å². The van der Waals surface area contributed by atoms with Gasteiger partial charge in [-0.15, -0.1) is 0 Å². The molecule has 4 atom stereocenters. The van der Waals surface area contributed by atoms with Crippen LogP contribution in [0.4, 0.5) is 4.79 Å². The smallest absolute Gasteiger partial charge is 0.422 e. The van der Waals surface area contributed by atoms with Gasteiger partial charge in [0.2, 0.25) is 12.2 Å². The second-order valence-electron chi connectivity index (χ2n) is 10.2. The summed E-state index contributed by atoms with van der Waals surface area (Å²) in [5.41, 5.74) is 3.85. The fraction of sp³-hybridized carbons (Fsp3) is 0.536. The molecule has 5 rings (SSSR count). The third-order valence-corrected chi connectivity index (χ3v) is 8.72. The summed E-state index contributed by atoms with van der Waals surface area (Å²) in [6.45, 7) is 8.40. The van der Waals surface area contributed by atoms with Crippen LogP contribution in [0.1, 0.15) is 38.3 Å². The highest BCUT2D eigenvalue weighted by Crippen LogP contribution is 2.45. The molecule has 0 radical (unpaired) electrons. The molecule has 0 N–H and O–H groups in total. The molecule has 38 heavy (non-hydrogen) atoms. The number of carbonyl (C=O) groups excluding carboxylic acids is 3. The molecule has 3 aliphatic rings. The average molecular weight is 588 g/mol. The Bertz CT molecular complexity index is 1290. The number of nitrogens with zero attached hydrogens (tertiary/aromatic N) is 3. The van der Waals surface area contributed by atoms with Crippen molar-refractivity contribution in [3.05, 3.63) is 40.0 Å². The van der Waals surface area contributed by atoms with Crippen LogP contribution in [-0.2, 0) is 30.2 Å². The highest BCUT2D eigenvalue weighted by Gasteiger charge is 2.39. The molecular weight excluding hydrogens is 554 g/mol. The first kappa shape index (κ1) is 26.9. The lowest BCUT2D eigenvalue weighted by Gasteiger charge is -2.40. The van der Waals surface area contributed by atoms with E-state index in [9.17, 15) is 14.4 Å². The number of amides is 1. The van der Waals surface area contributed by atoms with Gasteiger partial charge in [-0.2, -0.15) is 0 Å². The minimum atomic E-state index is -1.04. The molecule has 1 aromatic carbocycles. The molecule has 10 heteroatoms. The number of ether oxygens (including phenoxy) is 3. The number of hydrogen-bond donors (Lipinski definition) is 0. The summed E-state index contributed by atoms with van der Waals surface area (Å²) in [4.78, 5) is 43.0. The number of aromatic nitrogens is 1. The van der Waals surface area contributed by atoms with Gasteiger partial charge in [0.15, 0.2) is 0 Å². The molecule has 1 saturated heterocycles. The molecule has 2 aliphatic heterocycles. The normalized spacial score (nSPS) is 23.5. The molecule has 0 saturated carbocycles. The number of likely N-dealkylation sites (N-methyl/N-ethyl adjacent to an activating group) is 1. The summed E-state index contributed by atoms with van der Waals surface area (Å²) < 4.78 is 18.3. The Kier molecular flexibility index (Phi) is 7.66. The van der Waals surface area contributed by atoms with Gasteiger partial charge in [-0.05, 0) is 72.4 Å². The van der Waals surface area contributed by atoms with Crippen LogP contribution >= 0.6 is 15.9 Å². The molecular formula is C28H34BrN3O6. The molecule has 2 aromatic rings. The number of carbonyl (C=O) groups is 3. The molecule has 3 heterocycles. The maximum absolute atomic E-state index is 13.3. The predicted octanol–water partition coefficient (Wildman–Crippen LogP) is 4.05. The lowest BCUT2D eigenvalue weighted by Crippen LogP contribution is -2.47. The molecule has 1 fully saturated rings. The maximum atomic E-state index is 13.3. The van der Waals surface area contributed by atoms with Crippen LogP contribution < -0.4 is 0 Å². The topological polar surface area (TPSA) is 90.3 Å². The van der Waals surface area contributed by atoms with Crippen LogP contribution in [0.15, 0.2) is 28.9 Å². The highest BCUT2D eigenvalue weighted by molar-refractivity contribution is 9.10. The Morgan fingerprint density at radius 2 is 1.97 bits per heavy atom. The Labute approximate surface area is 230 Å². The fourth-order valence-corrected chi connectivity index (χ4v) is 6.59. The monoisotopic (exact) mass is 587 g/mol. The van der Waals surface area contributed by atoms with E-state index in [-0.39, 0.29) is 23.8 Å². The lowest BCUT2D eigenvalue weighted by molar-refractivity contribution is -0.169. The van der Waals surface area contributed by atoms with Gasteiger partial charge in [0.05, 0.1) is 28.6 Å². The molecule has 9 nitrogen and oxygen atoms in total. The standard InChI is InChI=1S/C28H34BrN3O6/c1-5-31(6-2)26(33)18-12-20-19-8-7-9-22-24(19)21(13-23(20)30(4)14-18)25(29)32(22)28(35)38-16(3)37-27(34)17-10-11-36-15-17/h7-9,12,16-18,23H,5-6,10-11,13-15H2,1-4H3/t16?,17-,18-,23-/m1/s1. The van der Waals surface area contributed by atoms with E-state index in [0.717, 1.165) is 22.1 Å². The summed E-state index contributed by atoms with van der Waals surface area (Å²) in [7, 11) is 2.05. The number of rotatable bonds is 6. The molecule has 0 bridgehead atoms. The van der Waals surface area contributed by atoms with Crippen LogP contribution in [0.5, 0.6) is 0 Å². The van der Waals surface area contributed by atoms with Crippen molar-refractivity contribution in [3.63, 3.8) is 0 Å². The molecule has 0 spiro atoms. The summed E-state index contributed by atoms with van der Waals surface area (Å²) in [6.07, 6.45) is 1.75. The zero-order valence-corrected chi connectivity index (χ0v) is 23.8. The molecule has 204 valence electrons. The Morgan fingerprint density at radius 1 is 1.21 bits per heavy atom. The summed E-state index contributed by atoms with van der Waals surface area (Å²) in [5.74, 6) is -0.836. The van der Waals surface area contributed by atoms with Gasteiger partial charge in [-0.1, -0.05) is 18.2 Å². The number of halogens is 1. The van der Waals surface area contributed by atoms with Gasteiger partial charge in [0.25, 0.3) is 0 Å². The second kappa shape index (κ2) is 10.8. The van der Waals surface area contributed by atoms with E-state index in [1.807, 2.05) is 30.9 Å². The maximum Gasteiger partial charge on any atom is 0.422 e. The van der Waals surface area contributed by atoms with Gasteiger partial charge in [0, 0.05) is 44.6 Å². The minimum absolute atomic E-state index is 0.0885. The van der Waals surface area contributed by atoms with Crippen molar-refractivity contribution in [1.82, 2.24) is 14.4 Å². The zero-order chi connectivity index (χ0) is 27.1. The number of esters is 1. The van der Waals surface area contributed by atoms with Gasteiger partial charge < -0.3 is 19.1 Å². The van der Waals surface area contributed by atoms with Crippen molar-refractivity contribution in [3.8, 4) is 0 Å². The van der Waals surface area contributed by atoms with Crippen molar-refractivity contribution in [2.45, 2.75) is 45.9 Å². The first-order valence-corrected chi connectivity index (χ1v) is 14.1. The zero-order valence-electron chi connectivity index (χ0n) is 22.2. The van der Waals surface area contributed by atoms with Crippen molar-refractivity contribution < 1.29 is 28.6 Å². The van der Waals surface area contributed by atoms with Crippen LogP contribution in [0.3, 0.4) is 0 Å². The largest absolute Gasteiger partial charge is 0.425 e. The Morgan fingerprint density at radius 3 is 2.66 bits per heavy atom. The van der Waals surface area contributed by atoms with E-state index < -0.39 is 18.4 Å². The summed E-state index contributed by atoms with van der Waals surface area (Å²) >= 11 is 3.67. The molecule has 1 aromatic heterocycles. The van der Waals surface area contributed by atoms with E-state index >= 15 is 0 Å². The fourth-order valence-electron chi connectivity index (χ4n) is 5.89. The number of hydrogen-bond acceptors (Lipinski definition) is 7. The second-order valence-corrected chi connectivity index (χ2v) is 10.9. The van der Waals surface area contributed by atoms with Crippen LogP contribution in [0.2, 0.25) is 0 Å². The van der Waals surface area contributed by atoms with Gasteiger partial charge in [-0.3, -0.25) is 14.5 Å². The van der Waals surface area contributed by atoms with Crippen molar-refractivity contribution >= 4 is 50.4 Å². The summed E-state index contributed by atoms with van der Waals surface area (Å²) in [5, 5.41) is 0.968. The van der Waals surface area contributed by atoms with Crippen LogP contribution in [0.25, 0.3) is 16.5 Å².